The molecule has 2 aromatic rings. The van der Waals surface area contributed by atoms with Crippen LogP contribution in [0.5, 0.6) is 0 Å². The molecule has 2 N–H and O–H groups in total. The number of benzene rings is 1. The Bertz CT molecular complexity index is 706. The molecule has 1 aromatic heterocycles. The molecule has 0 unspecified atom stereocenters. The largest absolute Gasteiger partial charge is 0.418 e. The maximum absolute atomic E-state index is 13.1. The van der Waals surface area contributed by atoms with Crippen LogP contribution in [0.4, 0.5) is 30.5 Å². The standard InChI is InChI=1S/C16H19ClF3N5/c1-25(2)7-3-6-21-14-9-15(23-10-22-14)24-13-5-4-11(17)8-12(13)16(18,19)20/h4-5,8-10H,3,6-7H2,1-2H3,(H2,21,22,23,24). The molecule has 5 nitrogen and oxygen atoms in total. The SMILES string of the molecule is CN(C)CCCNc1cc(Nc2ccc(Cl)cc2C(F)(F)F)ncn1. The van der Waals surface area contributed by atoms with Gasteiger partial charge < -0.3 is 15.5 Å². The zero-order chi connectivity index (χ0) is 18.4. The molecule has 1 heterocycles. The van der Waals surface area contributed by atoms with Gasteiger partial charge in [0.25, 0.3) is 0 Å². The molecule has 136 valence electrons. The monoisotopic (exact) mass is 373 g/mol. The molecule has 1 aromatic carbocycles. The minimum atomic E-state index is -4.52. The average Bonchev–Trinajstić information content (AvgIpc) is 2.52. The Morgan fingerprint density at radius 1 is 1.12 bits per heavy atom. The van der Waals surface area contributed by atoms with Gasteiger partial charge in [-0.3, -0.25) is 0 Å². The van der Waals surface area contributed by atoms with Crippen molar-refractivity contribution in [2.75, 3.05) is 37.8 Å². The van der Waals surface area contributed by atoms with Crippen molar-refractivity contribution in [1.29, 1.82) is 0 Å². The first-order chi connectivity index (χ1) is 11.8. The van der Waals surface area contributed by atoms with E-state index >= 15 is 0 Å². The smallest absolute Gasteiger partial charge is 0.370 e. The zero-order valence-corrected chi connectivity index (χ0v) is 14.6. The topological polar surface area (TPSA) is 53.1 Å². The van der Waals surface area contributed by atoms with E-state index in [1.165, 1.54) is 18.5 Å². The first-order valence-electron chi connectivity index (χ1n) is 7.60. The zero-order valence-electron chi connectivity index (χ0n) is 13.9. The van der Waals surface area contributed by atoms with Gasteiger partial charge in [-0.15, -0.1) is 0 Å². The average molecular weight is 374 g/mol. The molecule has 0 atom stereocenters. The van der Waals surface area contributed by atoms with Gasteiger partial charge >= 0.3 is 6.18 Å². The van der Waals surface area contributed by atoms with Crippen molar-refractivity contribution in [2.45, 2.75) is 12.6 Å². The van der Waals surface area contributed by atoms with E-state index in [0.29, 0.717) is 12.4 Å². The third kappa shape index (κ3) is 6.06. The van der Waals surface area contributed by atoms with E-state index in [0.717, 1.165) is 19.0 Å². The molecule has 0 amide bonds. The van der Waals surface area contributed by atoms with Crippen LogP contribution in [0.2, 0.25) is 5.02 Å². The fourth-order valence-corrected chi connectivity index (χ4v) is 2.30. The Labute approximate surface area is 149 Å². The van der Waals surface area contributed by atoms with E-state index in [2.05, 4.69) is 25.5 Å². The lowest BCUT2D eigenvalue weighted by Gasteiger charge is -2.15. The van der Waals surface area contributed by atoms with Crippen LogP contribution < -0.4 is 10.6 Å². The Hall–Kier alpha value is -2.06. The number of aromatic nitrogens is 2. The van der Waals surface area contributed by atoms with E-state index in [1.54, 1.807) is 6.07 Å². The highest BCUT2D eigenvalue weighted by Crippen LogP contribution is 2.37. The number of rotatable bonds is 7. The summed E-state index contributed by atoms with van der Waals surface area (Å²) in [5, 5.41) is 5.81. The van der Waals surface area contributed by atoms with Gasteiger partial charge in [0.1, 0.15) is 18.0 Å². The predicted octanol–water partition coefficient (Wildman–Crippen LogP) is 4.26. The van der Waals surface area contributed by atoms with Gasteiger partial charge in [0, 0.05) is 17.6 Å². The molecule has 0 saturated heterocycles. The van der Waals surface area contributed by atoms with Gasteiger partial charge in [-0.05, 0) is 45.3 Å². The third-order valence-corrected chi connectivity index (χ3v) is 3.54. The summed E-state index contributed by atoms with van der Waals surface area (Å²) in [5.74, 6) is 0.803. The van der Waals surface area contributed by atoms with Crippen LogP contribution in [-0.4, -0.2) is 42.1 Å². The fraction of sp³-hybridized carbons (Fsp3) is 0.375. The van der Waals surface area contributed by atoms with E-state index in [1.807, 2.05) is 14.1 Å². The second-order valence-electron chi connectivity index (χ2n) is 5.68. The van der Waals surface area contributed by atoms with Gasteiger partial charge in [0.15, 0.2) is 0 Å². The summed E-state index contributed by atoms with van der Waals surface area (Å²) < 4.78 is 39.4. The number of hydrogen-bond donors (Lipinski definition) is 2. The fourth-order valence-electron chi connectivity index (χ4n) is 2.13. The number of hydrogen-bond acceptors (Lipinski definition) is 5. The molecule has 0 fully saturated rings. The summed E-state index contributed by atoms with van der Waals surface area (Å²) in [6.45, 7) is 1.62. The second-order valence-corrected chi connectivity index (χ2v) is 6.12. The lowest BCUT2D eigenvalue weighted by atomic mass is 10.1. The van der Waals surface area contributed by atoms with Crippen molar-refractivity contribution in [3.63, 3.8) is 0 Å². The van der Waals surface area contributed by atoms with Crippen molar-refractivity contribution in [3.05, 3.63) is 41.2 Å². The molecular formula is C16H19ClF3N5. The number of halogens is 4. The van der Waals surface area contributed by atoms with Gasteiger partial charge in [-0.25, -0.2) is 9.97 Å². The molecule has 0 radical (unpaired) electrons. The van der Waals surface area contributed by atoms with Gasteiger partial charge in [0.2, 0.25) is 0 Å². The minimum Gasteiger partial charge on any atom is -0.370 e. The molecule has 0 spiro atoms. The van der Waals surface area contributed by atoms with Crippen molar-refractivity contribution >= 4 is 28.9 Å². The first-order valence-corrected chi connectivity index (χ1v) is 7.98. The van der Waals surface area contributed by atoms with Crippen LogP contribution in [0.3, 0.4) is 0 Å². The van der Waals surface area contributed by atoms with Crippen molar-refractivity contribution < 1.29 is 13.2 Å². The van der Waals surface area contributed by atoms with Crippen molar-refractivity contribution in [1.82, 2.24) is 14.9 Å². The number of anilines is 3. The van der Waals surface area contributed by atoms with Gasteiger partial charge in [0.05, 0.1) is 11.3 Å². The van der Waals surface area contributed by atoms with Crippen LogP contribution in [-0.2, 0) is 6.18 Å². The molecular weight excluding hydrogens is 355 g/mol. The molecule has 25 heavy (non-hydrogen) atoms. The lowest BCUT2D eigenvalue weighted by Crippen LogP contribution is -2.16. The second kappa shape index (κ2) is 8.35. The number of nitrogens with zero attached hydrogens (tertiary/aromatic N) is 3. The molecule has 9 heteroatoms. The number of alkyl halides is 3. The summed E-state index contributed by atoms with van der Waals surface area (Å²) in [6, 6.07) is 5.11. The van der Waals surface area contributed by atoms with Crippen LogP contribution in [0.15, 0.2) is 30.6 Å². The summed E-state index contributed by atoms with van der Waals surface area (Å²) in [6.07, 6.45) is -2.32. The minimum absolute atomic E-state index is 0.0174. The number of nitrogens with one attached hydrogen (secondary N) is 2. The highest BCUT2D eigenvalue weighted by molar-refractivity contribution is 6.30. The maximum Gasteiger partial charge on any atom is 0.418 e. The van der Waals surface area contributed by atoms with Gasteiger partial charge in [-0.2, -0.15) is 13.2 Å². The third-order valence-electron chi connectivity index (χ3n) is 3.31. The molecule has 0 saturated carbocycles. The molecule has 0 aliphatic rings. The van der Waals surface area contributed by atoms with Gasteiger partial charge in [-0.1, -0.05) is 11.6 Å². The lowest BCUT2D eigenvalue weighted by molar-refractivity contribution is -0.136. The summed E-state index contributed by atoms with van der Waals surface area (Å²) >= 11 is 5.68. The quantitative estimate of drug-likeness (QED) is 0.710. The highest BCUT2D eigenvalue weighted by atomic mass is 35.5. The summed E-state index contributed by atoms with van der Waals surface area (Å²) in [5.41, 5.74) is -0.965. The Balaban J connectivity index is 2.10. The summed E-state index contributed by atoms with van der Waals surface area (Å²) in [4.78, 5) is 10.1. The molecule has 0 bridgehead atoms. The molecule has 2 rings (SSSR count). The Morgan fingerprint density at radius 3 is 2.52 bits per heavy atom. The van der Waals surface area contributed by atoms with E-state index in [4.69, 9.17) is 11.6 Å². The van der Waals surface area contributed by atoms with Crippen LogP contribution in [0.25, 0.3) is 0 Å². The summed E-state index contributed by atoms with van der Waals surface area (Å²) in [7, 11) is 3.97. The Morgan fingerprint density at radius 2 is 1.84 bits per heavy atom. The Kier molecular flexibility index (Phi) is 6.44. The van der Waals surface area contributed by atoms with Crippen LogP contribution in [0, 0.1) is 0 Å². The van der Waals surface area contributed by atoms with Crippen molar-refractivity contribution in [2.24, 2.45) is 0 Å². The molecule has 0 aliphatic heterocycles. The predicted molar refractivity (Wildman–Crippen MR) is 93.4 cm³/mol. The van der Waals surface area contributed by atoms with E-state index in [-0.39, 0.29) is 16.5 Å². The molecule has 0 aliphatic carbocycles. The first kappa shape index (κ1) is 19.3. The van der Waals surface area contributed by atoms with E-state index < -0.39 is 11.7 Å². The maximum atomic E-state index is 13.1. The highest BCUT2D eigenvalue weighted by Gasteiger charge is 2.33. The van der Waals surface area contributed by atoms with Crippen molar-refractivity contribution in [3.8, 4) is 0 Å². The van der Waals surface area contributed by atoms with Crippen LogP contribution >= 0.6 is 11.6 Å². The van der Waals surface area contributed by atoms with E-state index in [9.17, 15) is 13.2 Å². The normalized spacial score (nSPS) is 11.6. The van der Waals surface area contributed by atoms with Crippen LogP contribution in [0.1, 0.15) is 12.0 Å².